The smallest absolute Gasteiger partial charge is 0.255 e. The number of halogens is 1. The molecule has 18 heavy (non-hydrogen) atoms. The number of carbonyl (C=O) groups is 1. The number of anilines is 2. The molecule has 0 bridgehead atoms. The van der Waals surface area contributed by atoms with Crippen molar-refractivity contribution in [3.05, 3.63) is 52.5 Å². The van der Waals surface area contributed by atoms with Gasteiger partial charge in [-0.15, -0.1) is 0 Å². The first kappa shape index (κ1) is 12.4. The van der Waals surface area contributed by atoms with Crippen LogP contribution < -0.4 is 11.1 Å². The maximum Gasteiger partial charge on any atom is 0.255 e. The quantitative estimate of drug-likeness (QED) is 0.747. The van der Waals surface area contributed by atoms with E-state index in [4.69, 9.17) is 5.73 Å². The molecule has 0 aliphatic carbocycles. The summed E-state index contributed by atoms with van der Waals surface area (Å²) < 4.78 is 0.843. The predicted molar refractivity (Wildman–Crippen MR) is 74.6 cm³/mol. The van der Waals surface area contributed by atoms with Crippen molar-refractivity contribution in [2.45, 2.75) is 0 Å². The molecule has 2 aromatic rings. The minimum absolute atomic E-state index is 0.0476. The first-order valence-corrected chi connectivity index (χ1v) is 6.01. The van der Waals surface area contributed by atoms with Gasteiger partial charge in [0.1, 0.15) is 5.75 Å². The Morgan fingerprint density at radius 1 is 1.22 bits per heavy atom. The van der Waals surface area contributed by atoms with E-state index >= 15 is 0 Å². The maximum atomic E-state index is 11.9. The zero-order chi connectivity index (χ0) is 13.1. The third kappa shape index (κ3) is 2.81. The highest BCUT2D eigenvalue weighted by Gasteiger charge is 2.08. The van der Waals surface area contributed by atoms with Crippen LogP contribution in [0.15, 0.2) is 46.9 Å². The van der Waals surface area contributed by atoms with Gasteiger partial charge in [-0.25, -0.2) is 0 Å². The molecule has 0 aromatic heterocycles. The van der Waals surface area contributed by atoms with Crippen LogP contribution in [0.4, 0.5) is 11.4 Å². The van der Waals surface area contributed by atoms with Crippen LogP contribution in [-0.4, -0.2) is 11.0 Å². The van der Waals surface area contributed by atoms with Gasteiger partial charge in [-0.3, -0.25) is 4.79 Å². The van der Waals surface area contributed by atoms with E-state index in [1.165, 1.54) is 12.1 Å². The number of phenolic OH excluding ortho intramolecular Hbond substituents is 1. The van der Waals surface area contributed by atoms with E-state index in [1.54, 1.807) is 30.3 Å². The molecular formula is C13H11BrN2O2. The number of benzene rings is 2. The van der Waals surface area contributed by atoms with Crippen molar-refractivity contribution >= 4 is 33.2 Å². The lowest BCUT2D eigenvalue weighted by Gasteiger charge is -2.08. The molecule has 2 rings (SSSR count). The van der Waals surface area contributed by atoms with Gasteiger partial charge >= 0.3 is 0 Å². The topological polar surface area (TPSA) is 75.3 Å². The normalized spacial score (nSPS) is 10.1. The SMILES string of the molecule is Nc1cc(Br)ccc1NC(=O)c1cccc(O)c1. The number of hydrogen-bond donors (Lipinski definition) is 3. The standard InChI is InChI=1S/C13H11BrN2O2/c14-9-4-5-12(11(15)7-9)16-13(18)8-2-1-3-10(17)6-8/h1-7,17H,15H2,(H,16,18). The average Bonchev–Trinajstić information content (AvgIpc) is 2.32. The molecule has 4 nitrogen and oxygen atoms in total. The first-order chi connectivity index (χ1) is 8.56. The Balaban J connectivity index is 2.21. The van der Waals surface area contributed by atoms with Crippen molar-refractivity contribution in [1.82, 2.24) is 0 Å². The summed E-state index contributed by atoms with van der Waals surface area (Å²) in [7, 11) is 0. The van der Waals surface area contributed by atoms with Crippen molar-refractivity contribution in [2.24, 2.45) is 0 Å². The van der Waals surface area contributed by atoms with Gasteiger partial charge in [0.25, 0.3) is 5.91 Å². The van der Waals surface area contributed by atoms with E-state index in [0.29, 0.717) is 16.9 Å². The molecule has 0 saturated heterocycles. The number of aromatic hydroxyl groups is 1. The molecule has 5 heteroatoms. The summed E-state index contributed by atoms with van der Waals surface area (Å²) in [5, 5.41) is 12.0. The van der Waals surface area contributed by atoms with E-state index in [-0.39, 0.29) is 11.7 Å². The van der Waals surface area contributed by atoms with Crippen LogP contribution in [-0.2, 0) is 0 Å². The van der Waals surface area contributed by atoms with Crippen LogP contribution in [0.25, 0.3) is 0 Å². The molecule has 0 radical (unpaired) electrons. The van der Waals surface area contributed by atoms with Crippen molar-refractivity contribution in [3.63, 3.8) is 0 Å². The van der Waals surface area contributed by atoms with Crippen LogP contribution in [0.3, 0.4) is 0 Å². The van der Waals surface area contributed by atoms with Crippen LogP contribution in [0.2, 0.25) is 0 Å². The summed E-state index contributed by atoms with van der Waals surface area (Å²) in [4.78, 5) is 11.9. The van der Waals surface area contributed by atoms with Gasteiger partial charge in [0.15, 0.2) is 0 Å². The van der Waals surface area contributed by atoms with Crippen molar-refractivity contribution < 1.29 is 9.90 Å². The van der Waals surface area contributed by atoms with Crippen molar-refractivity contribution in [3.8, 4) is 5.75 Å². The second kappa shape index (κ2) is 5.10. The van der Waals surface area contributed by atoms with E-state index in [2.05, 4.69) is 21.2 Å². The average molecular weight is 307 g/mol. The highest BCUT2D eigenvalue weighted by Crippen LogP contribution is 2.23. The number of nitrogens with one attached hydrogen (secondary N) is 1. The molecule has 0 aliphatic heterocycles. The molecule has 0 heterocycles. The Morgan fingerprint density at radius 2 is 2.00 bits per heavy atom. The zero-order valence-corrected chi connectivity index (χ0v) is 10.9. The lowest BCUT2D eigenvalue weighted by atomic mass is 10.2. The fourth-order valence-corrected chi connectivity index (χ4v) is 1.87. The third-order valence-electron chi connectivity index (χ3n) is 2.37. The molecule has 0 aliphatic rings. The molecule has 0 saturated carbocycles. The summed E-state index contributed by atoms with van der Waals surface area (Å²) >= 11 is 3.29. The van der Waals surface area contributed by atoms with E-state index < -0.39 is 0 Å². The maximum absolute atomic E-state index is 11.9. The summed E-state index contributed by atoms with van der Waals surface area (Å²) in [6.07, 6.45) is 0. The summed E-state index contributed by atoms with van der Waals surface area (Å²) in [5.41, 5.74) is 7.16. The Labute approximate surface area is 113 Å². The number of carbonyl (C=O) groups excluding carboxylic acids is 1. The van der Waals surface area contributed by atoms with Crippen LogP contribution in [0, 0.1) is 0 Å². The molecule has 0 atom stereocenters. The molecule has 4 N–H and O–H groups in total. The minimum atomic E-state index is -0.320. The molecule has 92 valence electrons. The number of nitrogen functional groups attached to an aromatic ring is 1. The van der Waals surface area contributed by atoms with Crippen molar-refractivity contribution in [1.29, 1.82) is 0 Å². The third-order valence-corrected chi connectivity index (χ3v) is 2.86. The molecule has 2 aromatic carbocycles. The van der Waals surface area contributed by atoms with Gasteiger partial charge in [-0.05, 0) is 36.4 Å². The van der Waals surface area contributed by atoms with E-state index in [0.717, 1.165) is 4.47 Å². The molecule has 0 spiro atoms. The monoisotopic (exact) mass is 306 g/mol. The summed E-state index contributed by atoms with van der Waals surface area (Å²) in [6.45, 7) is 0. The number of hydrogen-bond acceptors (Lipinski definition) is 3. The highest BCUT2D eigenvalue weighted by molar-refractivity contribution is 9.10. The largest absolute Gasteiger partial charge is 0.508 e. The second-order valence-electron chi connectivity index (χ2n) is 3.74. The number of rotatable bonds is 2. The molecule has 0 unspecified atom stereocenters. The fourth-order valence-electron chi connectivity index (χ4n) is 1.49. The van der Waals surface area contributed by atoms with E-state index in [9.17, 15) is 9.90 Å². The number of nitrogens with two attached hydrogens (primary N) is 1. The van der Waals surface area contributed by atoms with Crippen LogP contribution in [0.5, 0.6) is 5.75 Å². The minimum Gasteiger partial charge on any atom is -0.508 e. The lowest BCUT2D eigenvalue weighted by Crippen LogP contribution is -2.12. The Bertz CT molecular complexity index is 599. The van der Waals surface area contributed by atoms with Crippen LogP contribution >= 0.6 is 15.9 Å². The van der Waals surface area contributed by atoms with Gasteiger partial charge in [0.05, 0.1) is 11.4 Å². The van der Waals surface area contributed by atoms with Gasteiger partial charge in [0.2, 0.25) is 0 Å². The Kier molecular flexibility index (Phi) is 3.53. The molecule has 0 fully saturated rings. The highest BCUT2D eigenvalue weighted by atomic mass is 79.9. The van der Waals surface area contributed by atoms with Gasteiger partial charge in [-0.1, -0.05) is 22.0 Å². The fraction of sp³-hybridized carbons (Fsp3) is 0. The zero-order valence-electron chi connectivity index (χ0n) is 9.35. The van der Waals surface area contributed by atoms with Crippen LogP contribution in [0.1, 0.15) is 10.4 Å². The van der Waals surface area contributed by atoms with E-state index in [1.807, 2.05) is 0 Å². The van der Waals surface area contributed by atoms with Gasteiger partial charge in [0, 0.05) is 10.0 Å². The number of phenols is 1. The Morgan fingerprint density at radius 3 is 2.67 bits per heavy atom. The summed E-state index contributed by atoms with van der Waals surface area (Å²) in [6, 6.07) is 11.3. The van der Waals surface area contributed by atoms with Gasteiger partial charge < -0.3 is 16.2 Å². The second-order valence-corrected chi connectivity index (χ2v) is 4.65. The lowest BCUT2D eigenvalue weighted by molar-refractivity contribution is 0.102. The predicted octanol–water partition coefficient (Wildman–Crippen LogP) is 2.99. The Hall–Kier alpha value is -2.01. The molecule has 1 amide bonds. The summed E-state index contributed by atoms with van der Waals surface area (Å²) in [5.74, 6) is -0.272. The van der Waals surface area contributed by atoms with Crippen molar-refractivity contribution in [2.75, 3.05) is 11.1 Å². The number of amides is 1. The molecular weight excluding hydrogens is 296 g/mol. The first-order valence-electron chi connectivity index (χ1n) is 5.21. The van der Waals surface area contributed by atoms with Gasteiger partial charge in [-0.2, -0.15) is 0 Å².